The second kappa shape index (κ2) is 29.8. The molecule has 3 atom stereocenters. The van der Waals surface area contributed by atoms with Gasteiger partial charge < -0.3 is 23.3 Å². The van der Waals surface area contributed by atoms with Crippen LogP contribution in [0, 0.1) is 38.5 Å². The average molecular weight is 1250 g/mol. The molecule has 10 heteroatoms. The highest BCUT2D eigenvalue weighted by molar-refractivity contribution is 6.74. The van der Waals surface area contributed by atoms with Crippen LogP contribution >= 0.6 is 0 Å². The molecule has 1 aliphatic rings. The van der Waals surface area contributed by atoms with Gasteiger partial charge in [-0.3, -0.25) is 0 Å². The van der Waals surface area contributed by atoms with Crippen LogP contribution in [-0.2, 0) is 51.4 Å². The lowest BCUT2D eigenvalue weighted by Crippen LogP contribution is -2.47. The van der Waals surface area contributed by atoms with Crippen LogP contribution < -0.4 is 5.46 Å². The maximum absolute atomic E-state index is 10.1. The fourth-order valence-corrected chi connectivity index (χ4v) is 15.5. The van der Waals surface area contributed by atoms with Gasteiger partial charge in [-0.05, 0) is 239 Å². The van der Waals surface area contributed by atoms with E-state index in [-0.39, 0.29) is 68.4 Å². The smallest absolute Gasteiger partial charge is 0.413 e. The first-order valence-corrected chi connectivity index (χ1v) is 39.5. The molecule has 0 aliphatic carbocycles. The van der Waals surface area contributed by atoms with Gasteiger partial charge in [0.2, 0.25) is 0 Å². The molecule has 5 aromatic rings. The number of aryl methyl sites for hydroxylation is 6. The molecule has 1 aliphatic heterocycles. The molecule has 89 heavy (non-hydrogen) atoms. The van der Waals surface area contributed by atoms with Crippen molar-refractivity contribution in [3.63, 3.8) is 0 Å². The quantitative estimate of drug-likeness (QED) is 0.0732. The predicted molar refractivity (Wildman–Crippen MR) is 384 cm³/mol. The largest absolute Gasteiger partial charge is 0.495 e. The Balaban J connectivity index is 0.000000364. The van der Waals surface area contributed by atoms with Gasteiger partial charge in [-0.15, -0.1) is 0 Å². The van der Waals surface area contributed by atoms with Crippen LogP contribution in [0.4, 0.5) is 0 Å². The van der Waals surface area contributed by atoms with Crippen molar-refractivity contribution >= 4 is 35.4 Å². The zero-order chi connectivity index (χ0) is 67.9. The van der Waals surface area contributed by atoms with Gasteiger partial charge in [0.25, 0.3) is 0 Å². The summed E-state index contributed by atoms with van der Waals surface area (Å²) in [6.45, 7) is 66.1. The van der Waals surface area contributed by atoms with E-state index in [2.05, 4.69) is 277 Å². The maximum Gasteiger partial charge on any atom is 0.495 e. The zero-order valence-electron chi connectivity index (χ0n) is 61.6. The Bertz CT molecular complexity index is 3130. The van der Waals surface area contributed by atoms with Crippen molar-refractivity contribution in [1.29, 1.82) is 0 Å². The highest BCUT2D eigenvalue weighted by Crippen LogP contribution is 2.46. The van der Waals surface area contributed by atoms with Crippen LogP contribution in [0.1, 0.15) is 251 Å². The van der Waals surface area contributed by atoms with E-state index in [1.54, 1.807) is 0 Å². The van der Waals surface area contributed by atoms with Gasteiger partial charge in [0.1, 0.15) is 0 Å². The molecule has 5 aromatic carbocycles. The Morgan fingerprint density at radius 1 is 0.517 bits per heavy atom. The van der Waals surface area contributed by atoms with Gasteiger partial charge in [0.15, 0.2) is 16.6 Å². The third kappa shape index (κ3) is 18.3. The molecular weight excluding hydrogens is 1130 g/mol. The number of aliphatic hydroxyl groups is 1. The Kier molecular flexibility index (Phi) is 25.9. The molecular formula is C79H123BO7Si2. The fourth-order valence-electron chi connectivity index (χ4n) is 12.4. The monoisotopic (exact) mass is 1250 g/mol. The summed E-state index contributed by atoms with van der Waals surface area (Å²) in [5.41, 5.74) is 17.6. The SMILES string of the molecule is CCC(CC)(c1ccc(CCC(O[Si](C)(C)C(C)(C)C)C(C)(C)C)c(C)c1)c1ccc(-c2cccc(C(C)O)c2)c(C)c1.CCC(CC)(c1ccc(CCC(O[Si](C)(C)C(C)(C)C)C(C)(C)C)c(C)c1)c1ccc(B2OC(C)(C)C(C)(C)O2)c(C)c1.O=C=O. The fraction of sp³-hybridized carbons (Fsp3) is 0.608. The van der Waals surface area contributed by atoms with E-state index in [0.29, 0.717) is 0 Å². The second-order valence-corrected chi connectivity index (χ2v) is 42.0. The van der Waals surface area contributed by atoms with E-state index in [4.69, 9.17) is 27.7 Å². The molecule has 0 radical (unpaired) electrons. The van der Waals surface area contributed by atoms with Crippen molar-refractivity contribution in [2.75, 3.05) is 0 Å². The molecule has 0 amide bonds. The first-order chi connectivity index (χ1) is 40.8. The summed E-state index contributed by atoms with van der Waals surface area (Å²) in [6, 6.07) is 36.7. The molecule has 6 rings (SSSR count). The number of carbonyl (C=O) groups excluding carboxylic acids is 2. The Morgan fingerprint density at radius 2 is 0.865 bits per heavy atom. The van der Waals surface area contributed by atoms with Gasteiger partial charge in [-0.1, -0.05) is 207 Å². The summed E-state index contributed by atoms with van der Waals surface area (Å²) in [6.07, 6.45) is 8.60. The van der Waals surface area contributed by atoms with Crippen molar-refractivity contribution in [1.82, 2.24) is 0 Å². The van der Waals surface area contributed by atoms with Gasteiger partial charge in [0, 0.05) is 10.8 Å². The van der Waals surface area contributed by atoms with Gasteiger partial charge >= 0.3 is 13.3 Å². The number of hydrogen-bond acceptors (Lipinski definition) is 7. The first kappa shape index (κ1) is 77.2. The molecule has 0 aromatic heterocycles. The van der Waals surface area contributed by atoms with Crippen molar-refractivity contribution in [2.45, 2.75) is 301 Å². The van der Waals surface area contributed by atoms with Crippen molar-refractivity contribution < 1.29 is 32.9 Å². The van der Waals surface area contributed by atoms with Crippen LogP contribution in [0.15, 0.2) is 97.1 Å². The van der Waals surface area contributed by atoms with Crippen molar-refractivity contribution in [3.05, 3.63) is 158 Å². The summed E-state index contributed by atoms with van der Waals surface area (Å²) in [4.78, 5) is 16.2. The third-order valence-corrected chi connectivity index (χ3v) is 30.7. The normalized spacial score (nSPS) is 16.0. The molecule has 1 heterocycles. The van der Waals surface area contributed by atoms with Gasteiger partial charge in [-0.2, -0.15) is 9.59 Å². The van der Waals surface area contributed by atoms with E-state index < -0.39 is 22.7 Å². The molecule has 0 bridgehead atoms. The Labute approximate surface area is 546 Å². The lowest BCUT2D eigenvalue weighted by atomic mass is 9.67. The third-order valence-electron chi connectivity index (χ3n) is 21.8. The molecule has 1 saturated heterocycles. The second-order valence-electron chi connectivity index (χ2n) is 32.5. The lowest BCUT2D eigenvalue weighted by molar-refractivity contribution is -0.191. The molecule has 7 nitrogen and oxygen atoms in total. The average Bonchev–Trinajstić information content (AvgIpc) is 1.75. The number of benzene rings is 5. The highest BCUT2D eigenvalue weighted by Gasteiger charge is 2.52. The molecule has 0 spiro atoms. The summed E-state index contributed by atoms with van der Waals surface area (Å²) >= 11 is 0. The zero-order valence-corrected chi connectivity index (χ0v) is 63.6. The van der Waals surface area contributed by atoms with E-state index in [9.17, 15) is 5.11 Å². The highest BCUT2D eigenvalue weighted by atomic mass is 28.4. The van der Waals surface area contributed by atoms with E-state index in [1.165, 1.54) is 61.2 Å². The van der Waals surface area contributed by atoms with E-state index >= 15 is 0 Å². The van der Waals surface area contributed by atoms with Crippen LogP contribution in [0.2, 0.25) is 36.3 Å². The minimum Gasteiger partial charge on any atom is -0.413 e. The van der Waals surface area contributed by atoms with Crippen LogP contribution in [0.3, 0.4) is 0 Å². The molecule has 3 unspecified atom stereocenters. The van der Waals surface area contributed by atoms with Gasteiger partial charge in [0.05, 0.1) is 29.5 Å². The Morgan fingerprint density at radius 3 is 1.18 bits per heavy atom. The van der Waals surface area contributed by atoms with Crippen LogP contribution in [-0.4, -0.2) is 58.4 Å². The van der Waals surface area contributed by atoms with Crippen LogP contribution in [0.5, 0.6) is 0 Å². The minimum absolute atomic E-state index is 0.0343. The molecule has 492 valence electrons. The van der Waals surface area contributed by atoms with E-state index in [0.717, 1.165) is 68.0 Å². The van der Waals surface area contributed by atoms with Crippen molar-refractivity contribution in [2.24, 2.45) is 10.8 Å². The first-order valence-electron chi connectivity index (χ1n) is 33.7. The molecule has 1 N–H and O–H groups in total. The predicted octanol–water partition coefficient (Wildman–Crippen LogP) is 21.0. The van der Waals surface area contributed by atoms with E-state index in [1.807, 2.05) is 19.1 Å². The summed E-state index contributed by atoms with van der Waals surface area (Å²) < 4.78 is 26.8. The van der Waals surface area contributed by atoms with Crippen LogP contribution in [0.25, 0.3) is 11.1 Å². The summed E-state index contributed by atoms with van der Waals surface area (Å²) in [7, 11) is -4.06. The summed E-state index contributed by atoms with van der Waals surface area (Å²) in [5, 5.41) is 10.5. The standard InChI is InChI=1S/C40H60O2Si.C38H63BO3Si.CO2/c1-14-40(15-2,35-22-23-36(29(4)26-35)33-18-16-17-32(27-33)30(5)41)34-21-19-31(28(3)25-34)20-24-37(38(6,7)8)42-43(12,13)39(9,10)11;1-17-38(18-2,31-22-23-32(28(4)26-31)39-41-36(11,12)37(13,14)42-39)30-21-19-29(27(3)25-30)20-24-33(34(5,6)7)40-43(15,16)35(8,9)10;2-1-3/h16-19,21-23,25-27,30,37,41H,14-15,20,24H2,1-13H3;19,21-23,25-26,33H,17-18,20,24H2,1-16H3;. The van der Waals surface area contributed by atoms with Gasteiger partial charge in [-0.25, -0.2) is 0 Å². The lowest BCUT2D eigenvalue weighted by Gasteiger charge is -2.43. The number of aliphatic hydroxyl groups excluding tert-OH is 1. The number of rotatable bonds is 21. The van der Waals surface area contributed by atoms with Crippen molar-refractivity contribution in [3.8, 4) is 11.1 Å². The summed E-state index contributed by atoms with van der Waals surface area (Å²) in [5.74, 6) is 0. The molecule has 1 fully saturated rings. The topological polar surface area (TPSA) is 91.3 Å². The molecule has 0 saturated carbocycles. The minimum atomic E-state index is -1.86. The Hall–Kier alpha value is -4.22. The number of hydrogen-bond donors (Lipinski definition) is 1. The maximum atomic E-state index is 10.1.